The number of hydrogen-bond donors (Lipinski definition) is 0. The summed E-state index contributed by atoms with van der Waals surface area (Å²) in [6.45, 7) is 1.99. The van der Waals surface area contributed by atoms with E-state index in [1.165, 1.54) is 12.1 Å². The number of halogens is 2. The molecule has 3 nitrogen and oxygen atoms in total. The predicted octanol–water partition coefficient (Wildman–Crippen LogP) is 4.16. The van der Waals surface area contributed by atoms with Crippen molar-refractivity contribution in [3.05, 3.63) is 52.1 Å². The van der Waals surface area contributed by atoms with Crippen molar-refractivity contribution >= 4 is 27.5 Å². The Balaban J connectivity index is 2.02. The van der Waals surface area contributed by atoms with Crippen molar-refractivity contribution in [1.82, 2.24) is 0 Å². The number of anilines is 1. The van der Waals surface area contributed by atoms with Crippen molar-refractivity contribution < 1.29 is 13.6 Å². The summed E-state index contributed by atoms with van der Waals surface area (Å²) in [5.41, 5.74) is 1.63. The van der Waals surface area contributed by atoms with E-state index >= 15 is 0 Å². The number of fused-ring (bicyclic) bond motifs is 1. The van der Waals surface area contributed by atoms with Gasteiger partial charge >= 0.3 is 0 Å². The molecule has 1 aliphatic heterocycles. The molecule has 0 unspecified atom stereocenters. The van der Waals surface area contributed by atoms with Crippen LogP contribution in [0.25, 0.3) is 0 Å². The summed E-state index contributed by atoms with van der Waals surface area (Å²) in [5, 5.41) is 0. The first kappa shape index (κ1) is 13.4. The van der Waals surface area contributed by atoms with Crippen LogP contribution in [0.15, 0.2) is 39.4 Å². The average molecular weight is 338 g/mol. The third-order valence-electron chi connectivity index (χ3n) is 3.58. The fourth-order valence-electron chi connectivity index (χ4n) is 2.58. The number of rotatable bonds is 1. The average Bonchev–Trinajstić information content (AvgIpc) is 2.85. The number of hydrogen-bond acceptors (Lipinski definition) is 2. The van der Waals surface area contributed by atoms with Crippen molar-refractivity contribution in [3.63, 3.8) is 0 Å². The van der Waals surface area contributed by atoms with E-state index in [0.29, 0.717) is 4.67 Å². The van der Waals surface area contributed by atoms with Gasteiger partial charge in [0.2, 0.25) is 0 Å². The van der Waals surface area contributed by atoms with Gasteiger partial charge in [0, 0.05) is 11.7 Å². The van der Waals surface area contributed by atoms with Gasteiger partial charge in [-0.1, -0.05) is 0 Å². The first-order valence-electron chi connectivity index (χ1n) is 6.43. The van der Waals surface area contributed by atoms with Gasteiger partial charge < -0.3 is 9.32 Å². The van der Waals surface area contributed by atoms with Crippen molar-refractivity contribution in [3.8, 4) is 0 Å². The Labute approximate surface area is 124 Å². The van der Waals surface area contributed by atoms with E-state index in [0.717, 1.165) is 24.1 Å². The zero-order valence-corrected chi connectivity index (χ0v) is 12.5. The van der Waals surface area contributed by atoms with Gasteiger partial charge in [-0.25, -0.2) is 4.39 Å². The maximum atomic E-state index is 13.3. The molecule has 0 spiro atoms. The van der Waals surface area contributed by atoms with Gasteiger partial charge in [-0.05, 0) is 71.6 Å². The summed E-state index contributed by atoms with van der Waals surface area (Å²) in [7, 11) is 0. The molecule has 0 saturated heterocycles. The second kappa shape index (κ2) is 5.05. The molecule has 20 heavy (non-hydrogen) atoms. The van der Waals surface area contributed by atoms with Gasteiger partial charge in [-0.15, -0.1) is 0 Å². The summed E-state index contributed by atoms with van der Waals surface area (Å²) in [6.07, 6.45) is 1.59. The predicted molar refractivity (Wildman–Crippen MR) is 77.4 cm³/mol. The summed E-state index contributed by atoms with van der Waals surface area (Å²) >= 11 is 3.19. The van der Waals surface area contributed by atoms with Crippen LogP contribution in [-0.4, -0.2) is 11.9 Å². The van der Waals surface area contributed by atoms with E-state index in [2.05, 4.69) is 15.9 Å². The summed E-state index contributed by atoms with van der Waals surface area (Å²) < 4.78 is 19.2. The lowest BCUT2D eigenvalue weighted by Crippen LogP contribution is -2.42. The van der Waals surface area contributed by atoms with Crippen LogP contribution in [0, 0.1) is 5.82 Å². The van der Waals surface area contributed by atoms with Gasteiger partial charge in [0.05, 0.1) is 0 Å². The lowest BCUT2D eigenvalue weighted by Gasteiger charge is -2.34. The van der Waals surface area contributed by atoms with Crippen molar-refractivity contribution in [1.29, 1.82) is 0 Å². The first-order chi connectivity index (χ1) is 9.56. The molecule has 0 N–H and O–H groups in total. The topological polar surface area (TPSA) is 33.5 Å². The second-order valence-corrected chi connectivity index (χ2v) is 5.72. The van der Waals surface area contributed by atoms with Crippen LogP contribution in [0.3, 0.4) is 0 Å². The van der Waals surface area contributed by atoms with Crippen LogP contribution in [0.5, 0.6) is 0 Å². The Kier molecular flexibility index (Phi) is 3.38. The van der Waals surface area contributed by atoms with Crippen LogP contribution in [0.2, 0.25) is 0 Å². The Morgan fingerprint density at radius 1 is 1.40 bits per heavy atom. The molecule has 1 atom stereocenters. The normalized spacial score (nSPS) is 17.9. The quantitative estimate of drug-likeness (QED) is 0.782. The highest BCUT2D eigenvalue weighted by Crippen LogP contribution is 2.33. The van der Waals surface area contributed by atoms with Crippen LogP contribution in [0.1, 0.15) is 29.5 Å². The minimum atomic E-state index is -0.272. The molecular weight excluding hydrogens is 325 g/mol. The number of benzene rings is 1. The minimum Gasteiger partial charge on any atom is -0.444 e. The fourth-order valence-corrected chi connectivity index (χ4v) is 2.88. The summed E-state index contributed by atoms with van der Waals surface area (Å²) in [5.74, 6) is -0.192. The molecule has 104 valence electrons. The van der Waals surface area contributed by atoms with Crippen LogP contribution in [-0.2, 0) is 6.42 Å². The monoisotopic (exact) mass is 337 g/mol. The second-order valence-electron chi connectivity index (χ2n) is 4.94. The maximum Gasteiger partial charge on any atom is 0.294 e. The molecule has 1 aromatic carbocycles. The number of amides is 1. The van der Waals surface area contributed by atoms with Crippen molar-refractivity contribution in [2.45, 2.75) is 25.8 Å². The minimum absolute atomic E-state index is 0.0596. The zero-order valence-electron chi connectivity index (χ0n) is 10.9. The number of carbonyl (C=O) groups excluding carboxylic acids is 1. The molecule has 0 aliphatic carbocycles. The van der Waals surface area contributed by atoms with E-state index in [1.54, 1.807) is 23.1 Å². The van der Waals surface area contributed by atoms with Crippen molar-refractivity contribution in [2.75, 3.05) is 4.90 Å². The fraction of sp³-hybridized carbons (Fsp3) is 0.267. The Bertz CT molecular complexity index is 668. The highest BCUT2D eigenvalue weighted by atomic mass is 79.9. The van der Waals surface area contributed by atoms with E-state index in [1.807, 2.05) is 6.92 Å². The van der Waals surface area contributed by atoms with E-state index < -0.39 is 0 Å². The number of furan rings is 1. The SMILES string of the molecule is C[C@@H]1CCc2cc(F)ccc2N1C(=O)c1ccc(Br)o1. The van der Waals surface area contributed by atoms with E-state index in [-0.39, 0.29) is 23.5 Å². The van der Waals surface area contributed by atoms with E-state index in [9.17, 15) is 9.18 Å². The van der Waals surface area contributed by atoms with Gasteiger partial charge in [0.25, 0.3) is 5.91 Å². The molecule has 1 amide bonds. The Morgan fingerprint density at radius 3 is 2.90 bits per heavy atom. The number of carbonyl (C=O) groups is 1. The van der Waals surface area contributed by atoms with Crippen molar-refractivity contribution in [2.24, 2.45) is 0 Å². The highest BCUT2D eigenvalue weighted by Gasteiger charge is 2.30. The largest absolute Gasteiger partial charge is 0.444 e. The molecule has 0 fully saturated rings. The smallest absolute Gasteiger partial charge is 0.294 e. The Morgan fingerprint density at radius 2 is 2.20 bits per heavy atom. The number of nitrogens with zero attached hydrogens (tertiary/aromatic N) is 1. The summed E-state index contributed by atoms with van der Waals surface area (Å²) in [6, 6.07) is 7.93. The van der Waals surface area contributed by atoms with Gasteiger partial charge in [0.15, 0.2) is 10.4 Å². The van der Waals surface area contributed by atoms with Crippen LogP contribution in [0.4, 0.5) is 10.1 Å². The Hall–Kier alpha value is -1.62. The third kappa shape index (κ3) is 2.26. The first-order valence-corrected chi connectivity index (χ1v) is 7.23. The molecule has 0 bridgehead atoms. The molecular formula is C15H13BrFNO2. The third-order valence-corrected chi connectivity index (χ3v) is 4.00. The van der Waals surface area contributed by atoms with Gasteiger partial charge in [-0.3, -0.25) is 4.79 Å². The van der Waals surface area contributed by atoms with Crippen LogP contribution >= 0.6 is 15.9 Å². The molecule has 1 aromatic heterocycles. The lowest BCUT2D eigenvalue weighted by molar-refractivity contribution is 0.0947. The van der Waals surface area contributed by atoms with E-state index in [4.69, 9.17) is 4.42 Å². The molecule has 2 aromatic rings. The molecule has 5 heteroatoms. The molecule has 1 aliphatic rings. The molecule has 3 rings (SSSR count). The zero-order chi connectivity index (χ0) is 14.3. The lowest BCUT2D eigenvalue weighted by atomic mass is 9.96. The summed E-state index contributed by atoms with van der Waals surface area (Å²) in [4.78, 5) is 14.3. The highest BCUT2D eigenvalue weighted by molar-refractivity contribution is 9.10. The maximum absolute atomic E-state index is 13.3. The van der Waals surface area contributed by atoms with Crippen LogP contribution < -0.4 is 4.90 Å². The molecule has 0 saturated carbocycles. The molecule has 0 radical (unpaired) electrons. The molecule has 2 heterocycles. The van der Waals surface area contributed by atoms with Gasteiger partial charge in [0.1, 0.15) is 5.82 Å². The number of aryl methyl sites for hydroxylation is 1. The van der Waals surface area contributed by atoms with Gasteiger partial charge in [-0.2, -0.15) is 0 Å². The standard InChI is InChI=1S/C15H13BrFNO2/c1-9-2-3-10-8-11(17)4-5-12(10)18(9)15(19)13-6-7-14(16)20-13/h4-9H,2-3H2,1H3/t9-/m1/s1.